The standard InChI is InChI=1S/C23H48O4Si4.C15H32O4Si4/c1-10-28(9,11-2)25-31(17-8,23-20-18-22(24)19-21-23)27-30(15-6,16-7)26-29(12-3,13-4)14-5;1-20(2,3)17-22(7,8)19-23(9,18-21(4,5)6)15-12-10-14(16)11-13-15/h18-21,24H,10-17H2,1-9H3;10-13,16H,1-9H3. The molecule has 0 saturated heterocycles. The largest absolute Gasteiger partial charge is 0.508 e. The van der Waals surface area contributed by atoms with Gasteiger partial charge in [0, 0.05) is 0 Å². The molecular weight excluding hydrogens is 809 g/mol. The maximum atomic E-state index is 9.93. The van der Waals surface area contributed by atoms with E-state index in [0.29, 0.717) is 0 Å². The molecule has 0 aromatic heterocycles. The van der Waals surface area contributed by atoms with Gasteiger partial charge in [-0.25, -0.2) is 0 Å². The lowest BCUT2D eigenvalue weighted by atomic mass is 10.3. The van der Waals surface area contributed by atoms with Crippen molar-refractivity contribution in [2.24, 2.45) is 0 Å². The lowest BCUT2D eigenvalue weighted by molar-refractivity contribution is 0.313. The molecule has 2 unspecified atom stereocenters. The molecule has 0 amide bonds. The van der Waals surface area contributed by atoms with E-state index in [9.17, 15) is 10.2 Å². The Bertz CT molecular complexity index is 1370. The van der Waals surface area contributed by atoms with Gasteiger partial charge in [-0.1, -0.05) is 79.7 Å². The molecule has 8 nitrogen and oxygen atoms in total. The average molecular weight is 890 g/mol. The van der Waals surface area contributed by atoms with Crippen molar-refractivity contribution in [3.05, 3.63) is 48.5 Å². The van der Waals surface area contributed by atoms with E-state index in [-0.39, 0.29) is 11.5 Å². The number of hydrogen-bond donors (Lipinski definition) is 2. The van der Waals surface area contributed by atoms with E-state index in [1.54, 1.807) is 24.3 Å². The number of hydrogen-bond acceptors (Lipinski definition) is 8. The second-order valence-corrected chi connectivity index (χ2v) is 50.8. The average Bonchev–Trinajstić information content (AvgIpc) is 3.08. The molecule has 16 heteroatoms. The monoisotopic (exact) mass is 888 g/mol. The number of phenolic OH excluding ortho intramolecular Hbond substituents is 2. The highest BCUT2D eigenvalue weighted by Crippen LogP contribution is 2.36. The highest BCUT2D eigenvalue weighted by molar-refractivity contribution is 6.97. The molecule has 0 fully saturated rings. The third-order valence-corrected chi connectivity index (χ3v) is 44.1. The van der Waals surface area contributed by atoms with Crippen molar-refractivity contribution in [2.45, 2.75) is 169 Å². The van der Waals surface area contributed by atoms with Gasteiger partial charge in [0.15, 0.2) is 33.3 Å². The van der Waals surface area contributed by atoms with Crippen LogP contribution in [0.4, 0.5) is 0 Å². The van der Waals surface area contributed by atoms with Crippen LogP contribution in [0.1, 0.15) is 55.4 Å². The Kier molecular flexibility index (Phi) is 20.0. The molecule has 0 bridgehead atoms. The zero-order chi connectivity index (χ0) is 41.9. The summed E-state index contributed by atoms with van der Waals surface area (Å²) in [7, 11) is -17.3. The minimum absolute atomic E-state index is 0.257. The molecule has 0 heterocycles. The van der Waals surface area contributed by atoms with E-state index in [1.807, 2.05) is 24.3 Å². The van der Waals surface area contributed by atoms with Gasteiger partial charge in [0.05, 0.1) is 0 Å². The Morgan fingerprint density at radius 3 is 1.15 bits per heavy atom. The van der Waals surface area contributed by atoms with Crippen LogP contribution in [0.5, 0.6) is 11.5 Å². The highest BCUT2D eigenvalue weighted by atomic mass is 28.5. The van der Waals surface area contributed by atoms with E-state index < -0.39 is 67.5 Å². The highest BCUT2D eigenvalue weighted by Gasteiger charge is 2.53. The third kappa shape index (κ3) is 15.7. The molecule has 0 aliphatic carbocycles. The fourth-order valence-corrected chi connectivity index (χ4v) is 44.8. The maximum absolute atomic E-state index is 9.93. The van der Waals surface area contributed by atoms with Gasteiger partial charge in [-0.05, 0) is 148 Å². The topological polar surface area (TPSA) is 95.8 Å². The minimum Gasteiger partial charge on any atom is -0.508 e. The quantitative estimate of drug-likeness (QED) is 0.113. The second kappa shape index (κ2) is 21.0. The summed E-state index contributed by atoms with van der Waals surface area (Å²) in [5.74, 6) is 0.543. The summed E-state index contributed by atoms with van der Waals surface area (Å²) in [4.78, 5) is 0. The fourth-order valence-electron chi connectivity index (χ4n) is 6.93. The van der Waals surface area contributed by atoms with Crippen LogP contribution in [0.2, 0.25) is 114 Å². The Morgan fingerprint density at radius 2 is 0.815 bits per heavy atom. The summed E-state index contributed by atoms with van der Waals surface area (Å²) in [6, 6.07) is 23.2. The summed E-state index contributed by atoms with van der Waals surface area (Å²) >= 11 is 0. The van der Waals surface area contributed by atoms with Gasteiger partial charge in [0.2, 0.25) is 0 Å². The molecule has 2 rings (SSSR count). The first-order chi connectivity index (χ1) is 24.7. The molecular formula is C38H80O8Si8. The van der Waals surface area contributed by atoms with Gasteiger partial charge in [-0.2, -0.15) is 0 Å². The fraction of sp³-hybridized carbons (Fsp3) is 0.684. The van der Waals surface area contributed by atoms with E-state index in [0.717, 1.165) is 58.7 Å². The first-order valence-corrected chi connectivity index (χ1v) is 42.1. The molecule has 312 valence electrons. The predicted molar refractivity (Wildman–Crippen MR) is 251 cm³/mol. The van der Waals surface area contributed by atoms with Crippen LogP contribution in [0.15, 0.2) is 48.5 Å². The van der Waals surface area contributed by atoms with Gasteiger partial charge in [-0.3, -0.25) is 0 Å². The first kappa shape index (κ1) is 51.6. The van der Waals surface area contributed by atoms with Gasteiger partial charge >= 0.3 is 34.2 Å². The van der Waals surface area contributed by atoms with E-state index in [2.05, 4.69) is 121 Å². The lowest BCUT2D eigenvalue weighted by Gasteiger charge is -2.47. The first-order valence-electron chi connectivity index (χ1n) is 20.5. The lowest BCUT2D eigenvalue weighted by Crippen LogP contribution is -2.66. The van der Waals surface area contributed by atoms with Crippen LogP contribution in [-0.2, 0) is 24.7 Å². The van der Waals surface area contributed by atoms with Crippen LogP contribution >= 0.6 is 0 Å². The number of benzene rings is 2. The zero-order valence-electron chi connectivity index (χ0n) is 37.6. The zero-order valence-corrected chi connectivity index (χ0v) is 45.6. The molecule has 2 aromatic rings. The molecule has 2 N–H and O–H groups in total. The minimum atomic E-state index is -2.75. The number of aromatic hydroxyl groups is 2. The maximum Gasteiger partial charge on any atom is 0.353 e. The molecule has 0 aliphatic rings. The van der Waals surface area contributed by atoms with Crippen molar-refractivity contribution in [2.75, 3.05) is 0 Å². The van der Waals surface area contributed by atoms with Crippen LogP contribution in [0.3, 0.4) is 0 Å². The number of phenols is 2. The van der Waals surface area contributed by atoms with E-state index in [4.69, 9.17) is 24.7 Å². The van der Waals surface area contributed by atoms with Crippen molar-refractivity contribution in [3.8, 4) is 11.5 Å². The predicted octanol–water partition coefficient (Wildman–Crippen LogP) is 11.3. The molecule has 0 aliphatic heterocycles. The van der Waals surface area contributed by atoms with Crippen LogP contribution in [0, 0.1) is 0 Å². The van der Waals surface area contributed by atoms with E-state index in [1.165, 1.54) is 0 Å². The molecule has 0 radical (unpaired) electrons. The number of rotatable bonds is 22. The summed E-state index contributed by atoms with van der Waals surface area (Å²) in [5.41, 5.74) is 0. The summed E-state index contributed by atoms with van der Waals surface area (Å²) in [6.07, 6.45) is 0. The molecule has 2 atom stereocenters. The normalized spacial score (nSPS) is 15.6. The van der Waals surface area contributed by atoms with Crippen LogP contribution in [-0.4, -0.2) is 77.7 Å². The summed E-state index contributed by atoms with van der Waals surface area (Å²) < 4.78 is 41.4. The van der Waals surface area contributed by atoms with Gasteiger partial charge in [0.1, 0.15) is 11.5 Å². The van der Waals surface area contributed by atoms with Crippen molar-refractivity contribution in [1.29, 1.82) is 0 Å². The molecule has 2 aromatic carbocycles. The molecule has 54 heavy (non-hydrogen) atoms. The van der Waals surface area contributed by atoms with Gasteiger partial charge < -0.3 is 34.9 Å². The van der Waals surface area contributed by atoms with Crippen molar-refractivity contribution in [1.82, 2.24) is 0 Å². The van der Waals surface area contributed by atoms with Gasteiger partial charge in [-0.15, -0.1) is 0 Å². The SMILES string of the molecule is CC[Si](C)(CC)O[Si](CC)(O[Si](CC)(CC)O[Si](CC)(CC)CC)c1ccc(O)cc1.C[Si](C)(C)O[Si](C)(C)O[Si](C)(O[Si](C)(C)C)c1ccc(O)cc1. The summed E-state index contributed by atoms with van der Waals surface area (Å²) in [5, 5.41) is 21.7. The van der Waals surface area contributed by atoms with Crippen LogP contribution < -0.4 is 10.4 Å². The van der Waals surface area contributed by atoms with Gasteiger partial charge in [0.25, 0.3) is 0 Å². The molecule has 0 saturated carbocycles. The Labute approximate surface area is 340 Å². The molecule has 0 spiro atoms. The van der Waals surface area contributed by atoms with Crippen LogP contribution in [0.25, 0.3) is 0 Å². The van der Waals surface area contributed by atoms with Crippen molar-refractivity contribution >= 4 is 77.9 Å². The smallest absolute Gasteiger partial charge is 0.353 e. The van der Waals surface area contributed by atoms with Crippen molar-refractivity contribution < 1.29 is 34.9 Å². The Morgan fingerprint density at radius 1 is 0.407 bits per heavy atom. The second-order valence-electron chi connectivity index (χ2n) is 17.4. The van der Waals surface area contributed by atoms with Crippen molar-refractivity contribution in [3.63, 3.8) is 0 Å². The Balaban J connectivity index is 0.000000564. The third-order valence-electron chi connectivity index (χ3n) is 10.3. The van der Waals surface area contributed by atoms with E-state index >= 15 is 0 Å². The summed E-state index contributed by atoms with van der Waals surface area (Å²) in [6.45, 7) is 39.8. The Hall–Kier alpha value is -0.465.